The van der Waals surface area contributed by atoms with Gasteiger partial charge in [0.05, 0.1) is 0 Å². The number of ether oxygens (including phenoxy) is 1. The predicted octanol–water partition coefficient (Wildman–Crippen LogP) is 5.01. The van der Waals surface area contributed by atoms with Crippen LogP contribution in [0, 0.1) is 6.92 Å². The van der Waals surface area contributed by atoms with Crippen LogP contribution in [0.1, 0.15) is 37.8 Å². The second kappa shape index (κ2) is 11.8. The van der Waals surface area contributed by atoms with E-state index in [1.165, 1.54) is 4.90 Å². The van der Waals surface area contributed by atoms with Gasteiger partial charge in [0.1, 0.15) is 11.8 Å². The van der Waals surface area contributed by atoms with E-state index in [9.17, 15) is 9.59 Å². The normalized spacial score (nSPS) is 11.6. The SMILES string of the molecule is CCCCNC(=O)[C@@H](C)N(Cc1ccc(Cl)cc1Cl)C(=O)COc1cccc(C)c1. The van der Waals surface area contributed by atoms with Crippen molar-refractivity contribution in [2.45, 2.75) is 46.2 Å². The van der Waals surface area contributed by atoms with Gasteiger partial charge in [-0.05, 0) is 55.7 Å². The molecule has 0 radical (unpaired) electrons. The lowest BCUT2D eigenvalue weighted by atomic mass is 10.1. The van der Waals surface area contributed by atoms with E-state index in [0.29, 0.717) is 27.9 Å². The predicted molar refractivity (Wildman–Crippen MR) is 121 cm³/mol. The van der Waals surface area contributed by atoms with Crippen molar-refractivity contribution in [2.75, 3.05) is 13.2 Å². The summed E-state index contributed by atoms with van der Waals surface area (Å²) in [6.45, 7) is 6.28. The quantitative estimate of drug-likeness (QED) is 0.517. The second-order valence-corrected chi connectivity index (χ2v) is 8.03. The fourth-order valence-corrected chi connectivity index (χ4v) is 3.35. The summed E-state index contributed by atoms with van der Waals surface area (Å²) in [7, 11) is 0. The number of halogens is 2. The van der Waals surface area contributed by atoms with Crippen molar-refractivity contribution in [3.05, 3.63) is 63.6 Å². The Bertz CT molecular complexity index is 873. The molecule has 0 aliphatic carbocycles. The third-order valence-electron chi connectivity index (χ3n) is 4.70. The molecule has 7 heteroatoms. The number of hydrogen-bond donors (Lipinski definition) is 1. The second-order valence-electron chi connectivity index (χ2n) is 7.18. The van der Waals surface area contributed by atoms with E-state index in [4.69, 9.17) is 27.9 Å². The Kier molecular flexibility index (Phi) is 9.47. The van der Waals surface area contributed by atoms with Gasteiger partial charge in [0.15, 0.2) is 6.61 Å². The number of nitrogens with zero attached hydrogens (tertiary/aromatic N) is 1. The molecular weight excluding hydrogens is 423 g/mol. The molecule has 2 amide bonds. The Labute approximate surface area is 188 Å². The first-order valence-corrected chi connectivity index (χ1v) is 10.8. The van der Waals surface area contributed by atoms with Crippen molar-refractivity contribution in [1.82, 2.24) is 10.2 Å². The Morgan fingerprint density at radius 1 is 1.17 bits per heavy atom. The zero-order chi connectivity index (χ0) is 22.1. The Morgan fingerprint density at radius 2 is 1.93 bits per heavy atom. The molecule has 0 spiro atoms. The highest BCUT2D eigenvalue weighted by atomic mass is 35.5. The maximum absolute atomic E-state index is 13.0. The number of unbranched alkanes of at least 4 members (excludes halogenated alkanes) is 1. The summed E-state index contributed by atoms with van der Waals surface area (Å²) in [5.74, 6) is 0.0889. The fourth-order valence-electron chi connectivity index (χ4n) is 2.89. The number of benzene rings is 2. The van der Waals surface area contributed by atoms with E-state index in [1.807, 2.05) is 25.1 Å². The Balaban J connectivity index is 2.15. The van der Waals surface area contributed by atoms with Crippen LogP contribution in [0.3, 0.4) is 0 Å². The first-order valence-electron chi connectivity index (χ1n) is 10.0. The number of rotatable bonds is 10. The molecule has 0 unspecified atom stereocenters. The van der Waals surface area contributed by atoms with Gasteiger partial charge in [-0.3, -0.25) is 9.59 Å². The number of hydrogen-bond acceptors (Lipinski definition) is 3. The number of carbonyl (C=O) groups excluding carboxylic acids is 2. The van der Waals surface area contributed by atoms with E-state index in [1.54, 1.807) is 31.2 Å². The summed E-state index contributed by atoms with van der Waals surface area (Å²) < 4.78 is 5.67. The summed E-state index contributed by atoms with van der Waals surface area (Å²) in [4.78, 5) is 27.1. The minimum atomic E-state index is -0.679. The van der Waals surface area contributed by atoms with Gasteiger partial charge in [0.25, 0.3) is 5.91 Å². The van der Waals surface area contributed by atoms with Crippen LogP contribution in [-0.4, -0.2) is 35.9 Å². The van der Waals surface area contributed by atoms with Crippen LogP contribution in [0.5, 0.6) is 5.75 Å². The van der Waals surface area contributed by atoms with Crippen molar-refractivity contribution < 1.29 is 14.3 Å². The molecule has 0 heterocycles. The lowest BCUT2D eigenvalue weighted by molar-refractivity contribution is -0.142. The number of aryl methyl sites for hydroxylation is 1. The van der Waals surface area contributed by atoms with Gasteiger partial charge in [-0.1, -0.05) is 54.7 Å². The maximum Gasteiger partial charge on any atom is 0.261 e. The average Bonchev–Trinajstić information content (AvgIpc) is 2.71. The van der Waals surface area contributed by atoms with E-state index in [-0.39, 0.29) is 25.0 Å². The summed E-state index contributed by atoms with van der Waals surface area (Å²) in [6.07, 6.45) is 1.86. The maximum atomic E-state index is 13.0. The van der Waals surface area contributed by atoms with E-state index < -0.39 is 6.04 Å². The van der Waals surface area contributed by atoms with Crippen molar-refractivity contribution >= 4 is 35.0 Å². The largest absolute Gasteiger partial charge is 0.484 e. The molecule has 2 aromatic rings. The number of carbonyl (C=O) groups is 2. The van der Waals surface area contributed by atoms with Gasteiger partial charge >= 0.3 is 0 Å². The van der Waals surface area contributed by atoms with Crippen molar-refractivity contribution in [3.63, 3.8) is 0 Å². The van der Waals surface area contributed by atoms with Crippen LogP contribution in [0.15, 0.2) is 42.5 Å². The fraction of sp³-hybridized carbons (Fsp3) is 0.391. The third kappa shape index (κ3) is 7.22. The minimum absolute atomic E-state index is 0.175. The monoisotopic (exact) mass is 450 g/mol. The topological polar surface area (TPSA) is 58.6 Å². The van der Waals surface area contributed by atoms with Crippen LogP contribution >= 0.6 is 23.2 Å². The highest BCUT2D eigenvalue weighted by Crippen LogP contribution is 2.23. The minimum Gasteiger partial charge on any atom is -0.484 e. The van der Waals surface area contributed by atoms with E-state index in [2.05, 4.69) is 12.2 Å². The zero-order valence-corrected chi connectivity index (χ0v) is 19.1. The van der Waals surface area contributed by atoms with Gasteiger partial charge < -0.3 is 15.0 Å². The van der Waals surface area contributed by atoms with E-state index >= 15 is 0 Å². The molecule has 1 N–H and O–H groups in total. The van der Waals surface area contributed by atoms with Crippen LogP contribution in [0.25, 0.3) is 0 Å². The first kappa shape index (κ1) is 24.0. The highest BCUT2D eigenvalue weighted by Gasteiger charge is 2.27. The van der Waals surface area contributed by atoms with Crippen LogP contribution in [-0.2, 0) is 16.1 Å². The molecule has 0 saturated heterocycles. The van der Waals surface area contributed by atoms with Crippen molar-refractivity contribution in [1.29, 1.82) is 0 Å². The average molecular weight is 451 g/mol. The molecule has 5 nitrogen and oxygen atoms in total. The molecule has 0 aliphatic rings. The number of nitrogens with one attached hydrogen (secondary N) is 1. The summed E-state index contributed by atoms with van der Waals surface area (Å²) in [5.41, 5.74) is 1.74. The molecule has 0 fully saturated rings. The zero-order valence-electron chi connectivity index (χ0n) is 17.6. The van der Waals surface area contributed by atoms with Gasteiger partial charge in [-0.25, -0.2) is 0 Å². The Hall–Kier alpha value is -2.24. The summed E-state index contributed by atoms with van der Waals surface area (Å²) >= 11 is 12.3. The van der Waals surface area contributed by atoms with E-state index in [0.717, 1.165) is 18.4 Å². The van der Waals surface area contributed by atoms with Gasteiger partial charge in [-0.2, -0.15) is 0 Å². The lowest BCUT2D eigenvalue weighted by Crippen LogP contribution is -2.49. The molecule has 0 bridgehead atoms. The molecular formula is C23H28Cl2N2O3. The molecule has 0 saturated carbocycles. The molecule has 2 aromatic carbocycles. The van der Waals surface area contributed by atoms with Crippen LogP contribution < -0.4 is 10.1 Å². The number of amides is 2. The van der Waals surface area contributed by atoms with Gasteiger partial charge in [0, 0.05) is 23.1 Å². The molecule has 162 valence electrons. The summed E-state index contributed by atoms with van der Waals surface area (Å²) in [6, 6.07) is 11.9. The molecule has 0 aromatic heterocycles. The summed E-state index contributed by atoms with van der Waals surface area (Å²) in [5, 5.41) is 3.83. The van der Waals surface area contributed by atoms with Crippen molar-refractivity contribution in [3.8, 4) is 5.75 Å². The molecule has 2 rings (SSSR count). The lowest BCUT2D eigenvalue weighted by Gasteiger charge is -2.29. The first-order chi connectivity index (χ1) is 14.3. The van der Waals surface area contributed by atoms with Gasteiger partial charge in [0.2, 0.25) is 5.91 Å². The molecule has 0 aliphatic heterocycles. The standard InChI is InChI=1S/C23H28Cl2N2O3/c1-4-5-11-26-23(29)17(3)27(14-18-9-10-19(24)13-21(18)25)22(28)15-30-20-8-6-7-16(2)12-20/h6-10,12-13,17H,4-5,11,14-15H2,1-3H3,(H,26,29)/t17-/m1/s1. The molecule has 30 heavy (non-hydrogen) atoms. The highest BCUT2D eigenvalue weighted by molar-refractivity contribution is 6.35. The smallest absolute Gasteiger partial charge is 0.261 e. The van der Waals surface area contributed by atoms with Crippen molar-refractivity contribution in [2.24, 2.45) is 0 Å². The van der Waals surface area contributed by atoms with Crippen LogP contribution in [0.4, 0.5) is 0 Å². The molecule has 1 atom stereocenters. The Morgan fingerprint density at radius 3 is 2.60 bits per heavy atom. The van der Waals surface area contributed by atoms with Crippen LogP contribution in [0.2, 0.25) is 10.0 Å². The van der Waals surface area contributed by atoms with Gasteiger partial charge in [-0.15, -0.1) is 0 Å². The third-order valence-corrected chi connectivity index (χ3v) is 5.29.